The van der Waals surface area contributed by atoms with Crippen LogP contribution in [0.3, 0.4) is 0 Å². The molecule has 0 aliphatic carbocycles. The number of hydrogen-bond donors (Lipinski definition) is 0. The lowest BCUT2D eigenvalue weighted by molar-refractivity contribution is -0.129. The molecular weight excluding hydrogens is 338 g/mol. The molecule has 25 heavy (non-hydrogen) atoms. The molecule has 3 aromatic rings. The first-order valence-corrected chi connectivity index (χ1v) is 8.47. The molecule has 3 heterocycles. The van der Waals surface area contributed by atoms with Crippen molar-refractivity contribution < 1.29 is 4.79 Å². The predicted octanol–water partition coefficient (Wildman–Crippen LogP) is 2.94. The van der Waals surface area contributed by atoms with Crippen LogP contribution in [-0.4, -0.2) is 26.9 Å². The maximum atomic E-state index is 13.0. The van der Waals surface area contributed by atoms with Crippen LogP contribution in [0.1, 0.15) is 18.2 Å². The van der Waals surface area contributed by atoms with Gasteiger partial charge in [0.25, 0.3) is 0 Å². The summed E-state index contributed by atoms with van der Waals surface area (Å²) in [4.78, 5) is 30.9. The van der Waals surface area contributed by atoms with Gasteiger partial charge in [-0.2, -0.15) is 0 Å². The zero-order chi connectivity index (χ0) is 17.6. The molecule has 4 rings (SSSR count). The van der Waals surface area contributed by atoms with E-state index in [9.17, 15) is 9.59 Å². The summed E-state index contributed by atoms with van der Waals surface area (Å²) in [6, 6.07) is 11.0. The van der Waals surface area contributed by atoms with Crippen LogP contribution in [0.25, 0.3) is 16.7 Å². The Morgan fingerprint density at radius 1 is 1.24 bits per heavy atom. The van der Waals surface area contributed by atoms with Gasteiger partial charge in [-0.3, -0.25) is 14.2 Å². The summed E-state index contributed by atoms with van der Waals surface area (Å²) in [7, 11) is 0. The molecule has 5 nitrogen and oxygen atoms in total. The number of carbonyl (C=O) groups excluding carboxylic acids is 1. The molecule has 0 spiro atoms. The minimum atomic E-state index is -0.0534. The Kier molecular flexibility index (Phi) is 3.81. The Morgan fingerprint density at radius 2 is 2.08 bits per heavy atom. The Labute approximate surface area is 149 Å². The summed E-state index contributed by atoms with van der Waals surface area (Å²) in [5.41, 5.74) is 2.98. The largest absolute Gasteiger partial charge is 0.338 e. The number of halogens is 1. The number of benzene rings is 1. The van der Waals surface area contributed by atoms with Crippen molar-refractivity contribution in [1.29, 1.82) is 0 Å². The molecule has 0 saturated heterocycles. The van der Waals surface area contributed by atoms with Gasteiger partial charge in [0.2, 0.25) is 5.91 Å². The number of carbonyl (C=O) groups is 1. The molecule has 1 amide bonds. The third-order valence-electron chi connectivity index (χ3n) is 4.61. The lowest BCUT2D eigenvalue weighted by atomic mass is 10.0. The first-order valence-electron chi connectivity index (χ1n) is 8.09. The lowest BCUT2D eigenvalue weighted by Gasteiger charge is -2.30. The Balaban J connectivity index is 2.07. The maximum absolute atomic E-state index is 13.0. The molecule has 1 aliphatic heterocycles. The van der Waals surface area contributed by atoms with E-state index in [2.05, 4.69) is 4.98 Å². The average molecular weight is 354 g/mol. The normalized spacial score (nSPS) is 13.8. The van der Waals surface area contributed by atoms with Crippen LogP contribution in [0.5, 0.6) is 0 Å². The minimum Gasteiger partial charge on any atom is -0.338 e. The summed E-state index contributed by atoms with van der Waals surface area (Å²) in [6.45, 7) is 2.44. The molecule has 0 N–H and O–H groups in total. The van der Waals surface area contributed by atoms with Crippen molar-refractivity contribution in [2.75, 3.05) is 6.54 Å². The van der Waals surface area contributed by atoms with Crippen LogP contribution < -0.4 is 5.43 Å². The highest BCUT2D eigenvalue weighted by molar-refractivity contribution is 6.30. The molecule has 1 aromatic carbocycles. The van der Waals surface area contributed by atoms with Crippen LogP contribution >= 0.6 is 11.6 Å². The molecule has 0 fully saturated rings. The molecule has 1 aliphatic rings. The summed E-state index contributed by atoms with van der Waals surface area (Å²) in [5.74, 6) is -0.0226. The van der Waals surface area contributed by atoms with Gasteiger partial charge >= 0.3 is 0 Å². The number of fused-ring (bicyclic) bond motifs is 2. The third-order valence-corrected chi connectivity index (χ3v) is 4.85. The molecular formula is C19H16ClN3O2. The zero-order valence-electron chi connectivity index (χ0n) is 13.7. The standard InChI is InChI=1S/C19H16ClN3O2/c1-12(24)22-9-7-17-16(11-22)18(25)15-6-3-8-21-19(15)23(17)14-5-2-4-13(20)10-14/h2-6,8,10H,7,9,11H2,1H3. The lowest BCUT2D eigenvalue weighted by Crippen LogP contribution is -2.39. The van der Waals surface area contributed by atoms with E-state index in [-0.39, 0.29) is 11.3 Å². The maximum Gasteiger partial charge on any atom is 0.219 e. The number of nitrogens with zero attached hydrogens (tertiary/aromatic N) is 3. The molecule has 6 heteroatoms. The van der Waals surface area contributed by atoms with Crippen molar-refractivity contribution in [3.63, 3.8) is 0 Å². The van der Waals surface area contributed by atoms with E-state index in [0.29, 0.717) is 41.1 Å². The smallest absolute Gasteiger partial charge is 0.219 e. The Morgan fingerprint density at radius 3 is 2.84 bits per heavy atom. The highest BCUT2D eigenvalue weighted by atomic mass is 35.5. The summed E-state index contributed by atoms with van der Waals surface area (Å²) >= 11 is 6.18. The number of amides is 1. The molecule has 2 aromatic heterocycles. The van der Waals surface area contributed by atoms with E-state index < -0.39 is 0 Å². The Hall–Kier alpha value is -2.66. The second kappa shape index (κ2) is 6.01. The van der Waals surface area contributed by atoms with E-state index in [1.165, 1.54) is 6.92 Å². The van der Waals surface area contributed by atoms with Gasteiger partial charge in [0.1, 0.15) is 5.65 Å². The van der Waals surface area contributed by atoms with Gasteiger partial charge in [0.15, 0.2) is 5.43 Å². The van der Waals surface area contributed by atoms with Crippen LogP contribution in [-0.2, 0) is 17.8 Å². The molecule has 126 valence electrons. The number of aromatic nitrogens is 2. The summed E-state index contributed by atoms with van der Waals surface area (Å²) in [6.07, 6.45) is 2.28. The fourth-order valence-corrected chi connectivity index (χ4v) is 3.59. The van der Waals surface area contributed by atoms with E-state index in [1.807, 2.05) is 28.8 Å². The fourth-order valence-electron chi connectivity index (χ4n) is 3.41. The monoisotopic (exact) mass is 353 g/mol. The van der Waals surface area contributed by atoms with Crippen molar-refractivity contribution in [2.24, 2.45) is 0 Å². The third kappa shape index (κ3) is 2.61. The van der Waals surface area contributed by atoms with Gasteiger partial charge in [0.05, 0.1) is 11.9 Å². The van der Waals surface area contributed by atoms with E-state index in [0.717, 1.165) is 11.4 Å². The highest BCUT2D eigenvalue weighted by Crippen LogP contribution is 2.26. The van der Waals surface area contributed by atoms with Crippen molar-refractivity contribution in [1.82, 2.24) is 14.5 Å². The zero-order valence-corrected chi connectivity index (χ0v) is 14.5. The Bertz CT molecular complexity index is 1060. The van der Waals surface area contributed by atoms with Gasteiger partial charge in [-0.25, -0.2) is 4.98 Å². The number of rotatable bonds is 1. The summed E-state index contributed by atoms with van der Waals surface area (Å²) in [5, 5.41) is 1.17. The van der Waals surface area contributed by atoms with E-state index in [1.54, 1.807) is 23.2 Å². The second-order valence-electron chi connectivity index (χ2n) is 6.13. The first-order chi connectivity index (χ1) is 12.1. The molecule has 0 saturated carbocycles. The van der Waals surface area contributed by atoms with Crippen LogP contribution in [0.2, 0.25) is 5.02 Å². The molecule has 0 unspecified atom stereocenters. The van der Waals surface area contributed by atoms with Gasteiger partial charge in [-0.05, 0) is 30.3 Å². The van der Waals surface area contributed by atoms with Gasteiger partial charge in [-0.1, -0.05) is 17.7 Å². The van der Waals surface area contributed by atoms with E-state index >= 15 is 0 Å². The first kappa shape index (κ1) is 15.8. The van der Waals surface area contributed by atoms with Crippen molar-refractivity contribution >= 4 is 28.5 Å². The van der Waals surface area contributed by atoms with Gasteiger partial charge in [-0.15, -0.1) is 0 Å². The summed E-state index contributed by atoms with van der Waals surface area (Å²) < 4.78 is 2.00. The van der Waals surface area contributed by atoms with Crippen LogP contribution in [0.4, 0.5) is 0 Å². The molecule has 0 bridgehead atoms. The SMILES string of the molecule is CC(=O)N1CCc2c(c(=O)c3cccnc3n2-c2cccc(Cl)c2)C1. The average Bonchev–Trinajstić information content (AvgIpc) is 2.62. The predicted molar refractivity (Wildman–Crippen MR) is 97.1 cm³/mol. The van der Waals surface area contributed by atoms with E-state index in [4.69, 9.17) is 11.6 Å². The number of pyridine rings is 2. The fraction of sp³-hybridized carbons (Fsp3) is 0.211. The second-order valence-corrected chi connectivity index (χ2v) is 6.57. The molecule has 0 radical (unpaired) electrons. The van der Waals surface area contributed by atoms with Crippen molar-refractivity contribution in [3.05, 3.63) is 69.1 Å². The highest BCUT2D eigenvalue weighted by Gasteiger charge is 2.26. The molecule has 0 atom stereocenters. The van der Waals surface area contributed by atoms with Crippen molar-refractivity contribution in [2.45, 2.75) is 19.9 Å². The topological polar surface area (TPSA) is 55.2 Å². The quantitative estimate of drug-likeness (QED) is 0.676. The van der Waals surface area contributed by atoms with Gasteiger partial charge < -0.3 is 4.90 Å². The van der Waals surface area contributed by atoms with Gasteiger partial charge in [0, 0.05) is 48.1 Å². The number of hydrogen-bond acceptors (Lipinski definition) is 3. The van der Waals surface area contributed by atoms with Crippen LogP contribution in [0, 0.1) is 0 Å². The minimum absolute atomic E-state index is 0.0226. The van der Waals surface area contributed by atoms with Crippen molar-refractivity contribution in [3.8, 4) is 5.69 Å². The van der Waals surface area contributed by atoms with Crippen LogP contribution in [0.15, 0.2) is 47.4 Å².